The van der Waals surface area contributed by atoms with E-state index >= 15 is 0 Å². The minimum absolute atomic E-state index is 0.0966. The number of thiophene rings is 1. The van der Waals surface area contributed by atoms with Crippen molar-refractivity contribution in [1.82, 2.24) is 0 Å². The zero-order valence-electron chi connectivity index (χ0n) is 21.0. The minimum atomic E-state index is 0.0966. The molecule has 0 spiro atoms. The van der Waals surface area contributed by atoms with Crippen molar-refractivity contribution in [3.8, 4) is 33.1 Å². The summed E-state index contributed by atoms with van der Waals surface area (Å²) in [7, 11) is 0. The van der Waals surface area contributed by atoms with Gasteiger partial charge < -0.3 is 9.47 Å². The van der Waals surface area contributed by atoms with Gasteiger partial charge in [-0.15, -0.1) is 11.3 Å². The van der Waals surface area contributed by atoms with Crippen LogP contribution in [0.3, 0.4) is 0 Å². The Balaban J connectivity index is 1.52. The molecule has 0 N–H and O–H groups in total. The SMILES string of the molecule is BrCCCCCCC1(CCCCCCBr)c2ccccc2-c2ccc(-c3scc4c3OCCO4)cc21. The van der Waals surface area contributed by atoms with Crippen molar-refractivity contribution >= 4 is 43.2 Å². The van der Waals surface area contributed by atoms with Gasteiger partial charge >= 0.3 is 0 Å². The van der Waals surface area contributed by atoms with Crippen LogP contribution in [0, 0.1) is 0 Å². The van der Waals surface area contributed by atoms with Gasteiger partial charge in [-0.1, -0.05) is 107 Å². The largest absolute Gasteiger partial charge is 0.485 e. The fraction of sp³-hybridized carbons (Fsp3) is 0.484. The van der Waals surface area contributed by atoms with Crippen molar-refractivity contribution in [2.24, 2.45) is 0 Å². The summed E-state index contributed by atoms with van der Waals surface area (Å²) in [5, 5.41) is 4.32. The molecule has 192 valence electrons. The number of rotatable bonds is 13. The first-order valence-electron chi connectivity index (χ1n) is 13.5. The fourth-order valence-corrected chi connectivity index (χ4v) is 7.79. The van der Waals surface area contributed by atoms with Crippen molar-refractivity contribution in [1.29, 1.82) is 0 Å². The van der Waals surface area contributed by atoms with E-state index in [9.17, 15) is 0 Å². The lowest BCUT2D eigenvalue weighted by Crippen LogP contribution is -2.25. The Morgan fingerprint density at radius 3 is 2.14 bits per heavy atom. The van der Waals surface area contributed by atoms with Gasteiger partial charge in [0, 0.05) is 21.5 Å². The standard InChI is InChI=1S/C31H36Br2O2S/c32-17-9-3-1-7-15-31(16-8-2-4-10-18-33)26-12-6-5-11-24(26)25-14-13-23(21-27(25)31)30-29-28(22-36-30)34-19-20-35-29/h5-6,11-14,21-22H,1-4,7-10,15-20H2. The molecule has 2 nitrogen and oxygen atoms in total. The number of ether oxygens (including phenoxy) is 2. The highest BCUT2D eigenvalue weighted by Gasteiger charge is 2.42. The molecule has 0 atom stereocenters. The summed E-state index contributed by atoms with van der Waals surface area (Å²) < 4.78 is 11.9. The second-order valence-corrected chi connectivity index (χ2v) is 12.5. The molecule has 2 aliphatic rings. The van der Waals surface area contributed by atoms with E-state index in [1.807, 2.05) is 0 Å². The lowest BCUT2D eigenvalue weighted by molar-refractivity contribution is 0.174. The summed E-state index contributed by atoms with van der Waals surface area (Å²) in [6.45, 7) is 1.26. The lowest BCUT2D eigenvalue weighted by atomic mass is 9.70. The van der Waals surface area contributed by atoms with Crippen molar-refractivity contribution in [3.63, 3.8) is 0 Å². The summed E-state index contributed by atoms with van der Waals surface area (Å²) in [6, 6.07) is 16.4. The normalized spacial score (nSPS) is 15.1. The third-order valence-corrected chi connectivity index (χ3v) is 9.92. The highest BCUT2D eigenvalue weighted by molar-refractivity contribution is 9.09. The van der Waals surface area contributed by atoms with Crippen LogP contribution in [0.25, 0.3) is 21.6 Å². The van der Waals surface area contributed by atoms with Crippen LogP contribution in [-0.4, -0.2) is 23.9 Å². The molecule has 36 heavy (non-hydrogen) atoms. The molecule has 1 aliphatic carbocycles. The van der Waals surface area contributed by atoms with Gasteiger partial charge in [0.15, 0.2) is 11.5 Å². The number of unbranched alkanes of at least 4 members (excludes halogenated alkanes) is 6. The first kappa shape index (κ1) is 26.3. The second kappa shape index (κ2) is 12.5. The molecule has 0 bridgehead atoms. The summed E-state index contributed by atoms with van der Waals surface area (Å²) in [6.07, 6.45) is 12.8. The molecular weight excluding hydrogens is 596 g/mol. The van der Waals surface area contributed by atoms with E-state index in [2.05, 4.69) is 79.7 Å². The van der Waals surface area contributed by atoms with Gasteiger partial charge in [0.1, 0.15) is 13.2 Å². The van der Waals surface area contributed by atoms with Gasteiger partial charge in [0.05, 0.1) is 4.88 Å². The average molecular weight is 633 g/mol. The molecule has 3 aromatic rings. The van der Waals surface area contributed by atoms with Crippen LogP contribution in [0.15, 0.2) is 47.8 Å². The molecule has 2 heterocycles. The van der Waals surface area contributed by atoms with Crippen LogP contribution in [0.5, 0.6) is 11.5 Å². The molecule has 5 heteroatoms. The number of hydrogen-bond acceptors (Lipinski definition) is 3. The van der Waals surface area contributed by atoms with E-state index in [-0.39, 0.29) is 5.41 Å². The number of fused-ring (bicyclic) bond motifs is 4. The number of alkyl halides is 2. The lowest BCUT2D eigenvalue weighted by Gasteiger charge is -2.33. The highest BCUT2D eigenvalue weighted by atomic mass is 79.9. The van der Waals surface area contributed by atoms with Crippen molar-refractivity contribution < 1.29 is 9.47 Å². The van der Waals surface area contributed by atoms with Gasteiger partial charge in [-0.25, -0.2) is 0 Å². The van der Waals surface area contributed by atoms with Gasteiger partial charge in [0.25, 0.3) is 0 Å². The van der Waals surface area contributed by atoms with Crippen LogP contribution in [-0.2, 0) is 5.41 Å². The van der Waals surface area contributed by atoms with Gasteiger partial charge in [-0.05, 0) is 59.6 Å². The summed E-state index contributed by atoms with van der Waals surface area (Å²) in [5.41, 5.74) is 7.30. The van der Waals surface area contributed by atoms with Crippen LogP contribution in [0.2, 0.25) is 0 Å². The highest BCUT2D eigenvalue weighted by Crippen LogP contribution is 2.56. The molecule has 0 radical (unpaired) electrons. The Morgan fingerprint density at radius 2 is 1.39 bits per heavy atom. The molecule has 0 saturated heterocycles. The van der Waals surface area contributed by atoms with Crippen LogP contribution in [0.4, 0.5) is 0 Å². The molecular formula is C31H36Br2O2S. The molecule has 1 aromatic heterocycles. The maximum atomic E-state index is 6.06. The Hall–Kier alpha value is -1.30. The van der Waals surface area contributed by atoms with Crippen molar-refractivity contribution in [2.45, 2.75) is 69.6 Å². The molecule has 0 saturated carbocycles. The third-order valence-electron chi connectivity index (χ3n) is 7.81. The van der Waals surface area contributed by atoms with Crippen molar-refractivity contribution in [3.05, 3.63) is 59.0 Å². The first-order chi connectivity index (χ1) is 17.8. The van der Waals surface area contributed by atoms with E-state index in [4.69, 9.17) is 9.47 Å². The Labute approximate surface area is 237 Å². The molecule has 0 unspecified atom stereocenters. The van der Waals surface area contributed by atoms with E-state index in [1.54, 1.807) is 16.9 Å². The monoisotopic (exact) mass is 630 g/mol. The summed E-state index contributed by atoms with van der Waals surface area (Å²) >= 11 is 8.96. The second-order valence-electron chi connectivity index (χ2n) is 10.0. The number of halogens is 2. The maximum absolute atomic E-state index is 6.06. The molecule has 5 rings (SSSR count). The van der Waals surface area contributed by atoms with Crippen LogP contribution in [0.1, 0.15) is 75.3 Å². The zero-order valence-corrected chi connectivity index (χ0v) is 25.0. The smallest absolute Gasteiger partial charge is 0.179 e. The van der Waals surface area contributed by atoms with Crippen LogP contribution >= 0.6 is 43.2 Å². The van der Waals surface area contributed by atoms with Gasteiger partial charge in [-0.3, -0.25) is 0 Å². The summed E-state index contributed by atoms with van der Waals surface area (Å²) in [5.74, 6) is 1.83. The molecule has 0 amide bonds. The van der Waals surface area contributed by atoms with Crippen LogP contribution < -0.4 is 9.47 Å². The number of benzene rings is 2. The van der Waals surface area contributed by atoms with E-state index < -0.39 is 0 Å². The van der Waals surface area contributed by atoms with E-state index in [0.717, 1.165) is 22.2 Å². The average Bonchev–Trinajstić information content (AvgIpc) is 3.46. The zero-order chi connectivity index (χ0) is 24.8. The van der Waals surface area contributed by atoms with Crippen molar-refractivity contribution in [2.75, 3.05) is 23.9 Å². The molecule has 0 fully saturated rings. The predicted octanol–water partition coefficient (Wildman–Crippen LogP) is 10.1. The molecule has 2 aromatic carbocycles. The molecule has 1 aliphatic heterocycles. The topological polar surface area (TPSA) is 18.5 Å². The third kappa shape index (κ3) is 5.31. The fourth-order valence-electron chi connectivity index (χ4n) is 6.07. The van der Waals surface area contributed by atoms with E-state index in [1.165, 1.54) is 91.3 Å². The summed E-state index contributed by atoms with van der Waals surface area (Å²) in [4.78, 5) is 1.20. The van der Waals surface area contributed by atoms with Gasteiger partial charge in [0.2, 0.25) is 0 Å². The maximum Gasteiger partial charge on any atom is 0.179 e. The Kier molecular flexibility index (Phi) is 9.13. The Morgan fingerprint density at radius 1 is 0.722 bits per heavy atom. The minimum Gasteiger partial charge on any atom is -0.485 e. The quantitative estimate of drug-likeness (QED) is 0.138. The number of hydrogen-bond donors (Lipinski definition) is 0. The predicted molar refractivity (Wildman–Crippen MR) is 161 cm³/mol. The Bertz CT molecular complexity index is 1140. The van der Waals surface area contributed by atoms with E-state index in [0.29, 0.717) is 13.2 Å². The van der Waals surface area contributed by atoms with Gasteiger partial charge in [-0.2, -0.15) is 0 Å². The first-order valence-corrected chi connectivity index (χ1v) is 16.6.